The summed E-state index contributed by atoms with van der Waals surface area (Å²) in [6.07, 6.45) is 11.1. The molecule has 5 N–H and O–H groups in total. The number of hydrogen-bond donors (Lipinski definition) is 3. The highest BCUT2D eigenvalue weighted by atomic mass is 32.2. The van der Waals surface area contributed by atoms with Gasteiger partial charge in [0.1, 0.15) is 0 Å². The molecule has 0 spiro atoms. The van der Waals surface area contributed by atoms with Crippen molar-refractivity contribution in [1.29, 1.82) is 0 Å². The molecule has 1 aliphatic rings. The molecule has 0 aromatic rings. The second kappa shape index (κ2) is 11.1. The lowest BCUT2D eigenvalue weighted by Crippen LogP contribution is -2.36. The summed E-state index contributed by atoms with van der Waals surface area (Å²) in [6, 6.07) is 0. The Balaban J connectivity index is 2.72. The van der Waals surface area contributed by atoms with E-state index in [9.17, 15) is 13.5 Å². The lowest BCUT2D eigenvalue weighted by molar-refractivity contribution is 0.177. The first kappa shape index (κ1) is 26.4. The Kier molecular flexibility index (Phi) is 9.82. The molecule has 7 heteroatoms. The maximum atomic E-state index is 12.7. The predicted octanol–water partition coefficient (Wildman–Crippen LogP) is 3.48. The molecule has 0 amide bonds. The molecule has 0 saturated heterocycles. The van der Waals surface area contributed by atoms with E-state index in [1.54, 1.807) is 6.92 Å². The van der Waals surface area contributed by atoms with Gasteiger partial charge in [-0.1, -0.05) is 37.6 Å². The molecule has 0 aliphatic heterocycles. The zero-order valence-electron chi connectivity index (χ0n) is 19.2. The number of allylic oxidation sites excluding steroid dienone is 3. The van der Waals surface area contributed by atoms with Crippen molar-refractivity contribution in [3.8, 4) is 0 Å². The van der Waals surface area contributed by atoms with E-state index in [2.05, 4.69) is 44.5 Å². The lowest BCUT2D eigenvalue weighted by atomic mass is 9.64. The third-order valence-electron chi connectivity index (χ3n) is 6.95. The summed E-state index contributed by atoms with van der Waals surface area (Å²) in [5.74, 6) is 0.323. The van der Waals surface area contributed by atoms with Gasteiger partial charge in [0.2, 0.25) is 0 Å². The molecule has 0 bridgehead atoms. The molecule has 6 nitrogen and oxygen atoms in total. The molecule has 30 heavy (non-hydrogen) atoms. The maximum Gasteiger partial charge on any atom is 0.185 e. The molecule has 0 fully saturated rings. The van der Waals surface area contributed by atoms with Crippen LogP contribution in [0.25, 0.3) is 0 Å². The number of aliphatic imine (C=N–C) groups is 1. The summed E-state index contributed by atoms with van der Waals surface area (Å²) in [4.78, 5) is 3.78. The van der Waals surface area contributed by atoms with Crippen molar-refractivity contribution in [2.75, 3.05) is 18.9 Å². The second-order valence-electron chi connectivity index (χ2n) is 9.01. The average molecular weight is 440 g/mol. The monoisotopic (exact) mass is 439 g/mol. The van der Waals surface area contributed by atoms with Crippen molar-refractivity contribution in [1.82, 2.24) is 0 Å². The van der Waals surface area contributed by atoms with Crippen molar-refractivity contribution in [3.05, 3.63) is 36.0 Å². The van der Waals surface area contributed by atoms with Crippen LogP contribution in [-0.4, -0.2) is 43.1 Å². The van der Waals surface area contributed by atoms with Gasteiger partial charge in [-0.05, 0) is 69.3 Å². The Bertz CT molecular complexity index is 782. The average Bonchev–Trinajstić information content (AvgIpc) is 2.67. The van der Waals surface area contributed by atoms with Crippen LogP contribution >= 0.6 is 0 Å². The maximum absolute atomic E-state index is 12.7. The van der Waals surface area contributed by atoms with E-state index in [0.717, 1.165) is 31.3 Å². The van der Waals surface area contributed by atoms with Crippen molar-refractivity contribution >= 4 is 15.8 Å². The number of nitrogens with two attached hydrogens (primary N) is 2. The van der Waals surface area contributed by atoms with Gasteiger partial charge < -0.3 is 16.6 Å². The van der Waals surface area contributed by atoms with Crippen LogP contribution in [0.4, 0.5) is 0 Å². The minimum atomic E-state index is -3.42. The van der Waals surface area contributed by atoms with Crippen molar-refractivity contribution in [2.24, 2.45) is 27.8 Å². The van der Waals surface area contributed by atoms with Crippen LogP contribution in [0.2, 0.25) is 0 Å². The van der Waals surface area contributed by atoms with E-state index < -0.39 is 14.6 Å². The Hall–Kier alpha value is -1.60. The number of nitrogens with zero attached hydrogens (tertiary/aromatic N) is 1. The summed E-state index contributed by atoms with van der Waals surface area (Å²) in [7, 11) is -3.42. The number of rotatable bonds is 12. The molecule has 0 heterocycles. The van der Waals surface area contributed by atoms with Gasteiger partial charge in [-0.2, -0.15) is 0 Å². The van der Waals surface area contributed by atoms with Gasteiger partial charge in [0.15, 0.2) is 15.8 Å². The predicted molar refractivity (Wildman–Crippen MR) is 127 cm³/mol. The molecule has 0 saturated carbocycles. The van der Waals surface area contributed by atoms with Crippen LogP contribution in [0.5, 0.6) is 0 Å². The smallest absolute Gasteiger partial charge is 0.185 e. The van der Waals surface area contributed by atoms with Crippen LogP contribution in [0, 0.1) is 11.3 Å². The number of guanidine groups is 1. The molecule has 0 radical (unpaired) electrons. The summed E-state index contributed by atoms with van der Waals surface area (Å²) in [5.41, 5.74) is 13.0. The zero-order chi connectivity index (χ0) is 23.0. The number of aliphatic hydroxyl groups is 1. The first-order valence-electron chi connectivity index (χ1n) is 10.8. The van der Waals surface area contributed by atoms with Crippen LogP contribution in [-0.2, 0) is 9.84 Å². The zero-order valence-corrected chi connectivity index (χ0v) is 20.0. The Labute approximate surface area is 183 Å². The van der Waals surface area contributed by atoms with Crippen LogP contribution in [0.3, 0.4) is 0 Å². The molecular formula is C23H41N3O3S. The molecule has 0 aromatic heterocycles. The van der Waals surface area contributed by atoms with Crippen LogP contribution in [0.1, 0.15) is 66.2 Å². The second-order valence-corrected chi connectivity index (χ2v) is 11.6. The molecule has 3 unspecified atom stereocenters. The van der Waals surface area contributed by atoms with Crippen molar-refractivity contribution in [2.45, 2.75) is 71.0 Å². The van der Waals surface area contributed by atoms with Gasteiger partial charge in [-0.15, -0.1) is 6.58 Å². The van der Waals surface area contributed by atoms with E-state index in [1.807, 2.05) is 0 Å². The van der Waals surface area contributed by atoms with E-state index in [4.69, 9.17) is 11.5 Å². The van der Waals surface area contributed by atoms with Crippen molar-refractivity contribution in [3.63, 3.8) is 0 Å². The van der Waals surface area contributed by atoms with E-state index in [-0.39, 0.29) is 30.3 Å². The van der Waals surface area contributed by atoms with Gasteiger partial charge in [0, 0.05) is 0 Å². The highest BCUT2D eigenvalue weighted by Gasteiger charge is 2.36. The number of hydrogen-bond acceptors (Lipinski definition) is 4. The minimum absolute atomic E-state index is 0.0203. The molecule has 172 valence electrons. The fourth-order valence-electron chi connectivity index (χ4n) is 4.10. The summed E-state index contributed by atoms with van der Waals surface area (Å²) < 4.78 is 24.5. The Morgan fingerprint density at radius 1 is 1.47 bits per heavy atom. The number of aliphatic hydroxyl groups excluding tert-OH is 1. The topological polar surface area (TPSA) is 119 Å². The third kappa shape index (κ3) is 6.71. The molecule has 0 aromatic carbocycles. The third-order valence-corrected chi connectivity index (χ3v) is 9.46. The highest BCUT2D eigenvalue weighted by molar-refractivity contribution is 7.93. The largest absolute Gasteiger partial charge is 0.392 e. The van der Waals surface area contributed by atoms with Crippen LogP contribution in [0.15, 0.2) is 40.9 Å². The minimum Gasteiger partial charge on any atom is -0.392 e. The van der Waals surface area contributed by atoms with Gasteiger partial charge in [-0.25, -0.2) is 8.42 Å². The molecule has 3 atom stereocenters. The van der Waals surface area contributed by atoms with Gasteiger partial charge >= 0.3 is 0 Å². The first-order chi connectivity index (χ1) is 13.9. The van der Waals surface area contributed by atoms with Gasteiger partial charge in [0.05, 0.1) is 23.7 Å². The van der Waals surface area contributed by atoms with Gasteiger partial charge in [0.25, 0.3) is 0 Å². The standard InChI is InChI=1S/C23H41N3O3S/c1-6-22(4,30(28,29)16-15-26-21(24)25)13-8-9-18(2)12-14-23(5)19(3)10-7-11-20(23)17-27/h6,9,11,19,27H,1,7-8,10,12-17H2,2-5H3,(H4,24,25,26). The molecule has 1 rings (SSSR count). The quantitative estimate of drug-likeness (QED) is 0.244. The summed E-state index contributed by atoms with van der Waals surface area (Å²) in [5, 5.41) is 9.76. The fraction of sp³-hybridized carbons (Fsp3) is 0.696. The van der Waals surface area contributed by atoms with Crippen molar-refractivity contribution < 1.29 is 13.5 Å². The normalized spacial score (nSPS) is 24.6. The molecular weight excluding hydrogens is 398 g/mol. The van der Waals surface area contributed by atoms with Gasteiger partial charge in [-0.3, -0.25) is 4.99 Å². The summed E-state index contributed by atoms with van der Waals surface area (Å²) in [6.45, 7) is 12.3. The Morgan fingerprint density at radius 3 is 2.70 bits per heavy atom. The highest BCUT2D eigenvalue weighted by Crippen LogP contribution is 2.45. The van der Waals surface area contributed by atoms with E-state index in [0.29, 0.717) is 18.8 Å². The number of sulfone groups is 1. The fourth-order valence-corrected chi connectivity index (χ4v) is 5.59. The first-order valence-corrected chi connectivity index (χ1v) is 12.4. The van der Waals surface area contributed by atoms with E-state index >= 15 is 0 Å². The van der Waals surface area contributed by atoms with Crippen LogP contribution < -0.4 is 11.5 Å². The van der Waals surface area contributed by atoms with E-state index in [1.165, 1.54) is 11.6 Å². The Morgan fingerprint density at radius 2 is 2.13 bits per heavy atom. The lowest BCUT2D eigenvalue weighted by Gasteiger charge is -2.41. The summed E-state index contributed by atoms with van der Waals surface area (Å²) >= 11 is 0. The molecule has 1 aliphatic carbocycles. The SMILES string of the molecule is C=CC(C)(CCC=C(C)CCC1(C)C(CO)=CCCC1C)S(=O)(=O)CCN=C(N)N.